The molecule has 0 saturated carbocycles. The Bertz CT molecular complexity index is 259. The van der Waals surface area contributed by atoms with Crippen LogP contribution in [0.25, 0.3) is 0 Å². The molecule has 0 saturated heterocycles. The second-order valence-electron chi connectivity index (χ2n) is 5.27. The molecule has 0 radical (unpaired) electrons. The highest BCUT2D eigenvalue weighted by Crippen LogP contribution is 2.27. The van der Waals surface area contributed by atoms with Crippen LogP contribution in [0.2, 0.25) is 0 Å². The van der Waals surface area contributed by atoms with Crippen LogP contribution in [0.5, 0.6) is 0 Å². The Kier molecular flexibility index (Phi) is 4.40. The second-order valence-corrected chi connectivity index (χ2v) is 5.27. The van der Waals surface area contributed by atoms with Crippen molar-refractivity contribution in [2.45, 2.75) is 46.6 Å². The van der Waals surface area contributed by atoms with Crippen molar-refractivity contribution < 1.29 is 4.42 Å². The zero-order valence-electron chi connectivity index (χ0n) is 10.3. The first-order valence-corrected chi connectivity index (χ1v) is 5.78. The average molecular weight is 209 g/mol. The van der Waals surface area contributed by atoms with Gasteiger partial charge in [0.25, 0.3) is 0 Å². The van der Waals surface area contributed by atoms with Gasteiger partial charge < -0.3 is 9.73 Å². The van der Waals surface area contributed by atoms with Crippen LogP contribution in [0.4, 0.5) is 0 Å². The lowest BCUT2D eigenvalue weighted by Crippen LogP contribution is -2.22. The fourth-order valence-corrected chi connectivity index (χ4v) is 1.68. The Balaban J connectivity index is 2.52. The molecule has 0 aliphatic rings. The normalized spacial score (nSPS) is 14.1. The Morgan fingerprint density at radius 3 is 2.60 bits per heavy atom. The molecule has 0 fully saturated rings. The van der Waals surface area contributed by atoms with E-state index in [2.05, 4.69) is 39.1 Å². The summed E-state index contributed by atoms with van der Waals surface area (Å²) in [5, 5.41) is 3.50. The maximum atomic E-state index is 5.13. The molecule has 0 aliphatic heterocycles. The van der Waals surface area contributed by atoms with E-state index in [0.29, 0.717) is 11.5 Å². The molecule has 0 aromatic carbocycles. The molecule has 1 atom stereocenters. The lowest BCUT2D eigenvalue weighted by molar-refractivity contribution is 0.333. The molecule has 2 nitrogen and oxygen atoms in total. The van der Waals surface area contributed by atoms with Crippen LogP contribution in [-0.2, 0) is 0 Å². The molecule has 15 heavy (non-hydrogen) atoms. The molecule has 1 aromatic heterocycles. The van der Waals surface area contributed by atoms with Crippen LogP contribution < -0.4 is 5.32 Å². The summed E-state index contributed by atoms with van der Waals surface area (Å²) >= 11 is 0. The summed E-state index contributed by atoms with van der Waals surface area (Å²) in [6, 6.07) is 2.49. The van der Waals surface area contributed by atoms with Crippen molar-refractivity contribution in [3.63, 3.8) is 0 Å². The molecule has 0 aliphatic carbocycles. The third-order valence-corrected chi connectivity index (χ3v) is 2.58. The number of nitrogens with one attached hydrogen (secondary N) is 1. The van der Waals surface area contributed by atoms with Crippen molar-refractivity contribution in [2.24, 2.45) is 5.41 Å². The van der Waals surface area contributed by atoms with Gasteiger partial charge in [-0.05, 0) is 30.9 Å². The number of rotatable bonds is 5. The zero-order valence-corrected chi connectivity index (χ0v) is 10.3. The lowest BCUT2D eigenvalue weighted by Gasteiger charge is -2.23. The first kappa shape index (κ1) is 12.3. The summed E-state index contributed by atoms with van der Waals surface area (Å²) in [4.78, 5) is 0. The van der Waals surface area contributed by atoms with Gasteiger partial charge in [-0.3, -0.25) is 0 Å². The fraction of sp³-hybridized carbons (Fsp3) is 0.692. The second kappa shape index (κ2) is 5.36. The smallest absolute Gasteiger partial charge is 0.0950 e. The minimum atomic E-state index is 0.400. The van der Waals surface area contributed by atoms with E-state index in [1.807, 2.05) is 6.26 Å². The van der Waals surface area contributed by atoms with Gasteiger partial charge in [0.2, 0.25) is 0 Å². The number of hydrogen-bond acceptors (Lipinski definition) is 2. The quantitative estimate of drug-likeness (QED) is 0.798. The van der Waals surface area contributed by atoms with Crippen molar-refractivity contribution in [1.29, 1.82) is 0 Å². The highest BCUT2D eigenvalue weighted by atomic mass is 16.3. The van der Waals surface area contributed by atoms with Crippen molar-refractivity contribution in [3.05, 3.63) is 24.2 Å². The van der Waals surface area contributed by atoms with Crippen LogP contribution in [0.15, 0.2) is 23.0 Å². The molecule has 1 aromatic rings. The molecular weight excluding hydrogens is 186 g/mol. The van der Waals surface area contributed by atoms with E-state index < -0.39 is 0 Å². The fourth-order valence-electron chi connectivity index (χ4n) is 1.68. The van der Waals surface area contributed by atoms with Gasteiger partial charge in [0.15, 0.2) is 0 Å². The van der Waals surface area contributed by atoms with E-state index in [9.17, 15) is 0 Å². The molecule has 2 heteroatoms. The van der Waals surface area contributed by atoms with Gasteiger partial charge in [-0.15, -0.1) is 0 Å². The van der Waals surface area contributed by atoms with Crippen LogP contribution in [0.3, 0.4) is 0 Å². The third kappa shape index (κ3) is 4.52. The molecule has 0 bridgehead atoms. The average Bonchev–Trinajstić information content (AvgIpc) is 2.63. The summed E-state index contributed by atoms with van der Waals surface area (Å²) in [7, 11) is 0. The SMILES string of the molecule is CCNC(CCC(C)(C)C)c1ccoc1. The monoisotopic (exact) mass is 209 g/mol. The summed E-state index contributed by atoms with van der Waals surface area (Å²) in [6.45, 7) is 9.99. The van der Waals surface area contributed by atoms with Crippen molar-refractivity contribution in [3.8, 4) is 0 Å². The first-order valence-electron chi connectivity index (χ1n) is 5.78. The molecule has 1 heterocycles. The van der Waals surface area contributed by atoms with Gasteiger partial charge in [-0.1, -0.05) is 27.7 Å². The zero-order chi connectivity index (χ0) is 11.3. The van der Waals surface area contributed by atoms with Crippen molar-refractivity contribution >= 4 is 0 Å². The standard InChI is InChI=1S/C13H23NO/c1-5-14-12(6-8-13(2,3)4)11-7-9-15-10-11/h7,9-10,12,14H,5-6,8H2,1-4H3. The maximum absolute atomic E-state index is 5.13. The van der Waals surface area contributed by atoms with Gasteiger partial charge in [-0.2, -0.15) is 0 Å². The van der Waals surface area contributed by atoms with E-state index in [1.54, 1.807) is 6.26 Å². The molecule has 86 valence electrons. The third-order valence-electron chi connectivity index (χ3n) is 2.58. The lowest BCUT2D eigenvalue weighted by atomic mass is 9.87. The van der Waals surface area contributed by atoms with Gasteiger partial charge in [0.1, 0.15) is 0 Å². The van der Waals surface area contributed by atoms with Crippen molar-refractivity contribution in [2.75, 3.05) is 6.54 Å². The molecule has 0 amide bonds. The summed E-state index contributed by atoms with van der Waals surface area (Å²) in [6.07, 6.45) is 5.97. The molecule has 1 unspecified atom stereocenters. The summed E-state index contributed by atoms with van der Waals surface area (Å²) < 4.78 is 5.13. The predicted molar refractivity (Wildman–Crippen MR) is 63.8 cm³/mol. The molecule has 1 N–H and O–H groups in total. The minimum absolute atomic E-state index is 0.400. The molecule has 0 spiro atoms. The highest BCUT2D eigenvalue weighted by molar-refractivity contribution is 5.11. The Morgan fingerprint density at radius 2 is 2.13 bits per heavy atom. The Hall–Kier alpha value is -0.760. The highest BCUT2D eigenvalue weighted by Gasteiger charge is 2.16. The topological polar surface area (TPSA) is 25.2 Å². The van der Waals surface area contributed by atoms with Crippen LogP contribution in [0, 0.1) is 5.41 Å². The number of hydrogen-bond donors (Lipinski definition) is 1. The van der Waals surface area contributed by atoms with Gasteiger partial charge in [0, 0.05) is 11.6 Å². The van der Waals surface area contributed by atoms with E-state index >= 15 is 0 Å². The van der Waals surface area contributed by atoms with E-state index in [0.717, 1.165) is 13.0 Å². The van der Waals surface area contributed by atoms with E-state index in [-0.39, 0.29) is 0 Å². The minimum Gasteiger partial charge on any atom is -0.472 e. The largest absolute Gasteiger partial charge is 0.472 e. The van der Waals surface area contributed by atoms with Crippen LogP contribution in [0.1, 0.15) is 52.1 Å². The Labute approximate surface area is 93.1 Å². The molecule has 1 rings (SSSR count). The van der Waals surface area contributed by atoms with Gasteiger partial charge in [0.05, 0.1) is 12.5 Å². The van der Waals surface area contributed by atoms with Gasteiger partial charge in [-0.25, -0.2) is 0 Å². The first-order chi connectivity index (χ1) is 7.03. The van der Waals surface area contributed by atoms with Gasteiger partial charge >= 0.3 is 0 Å². The van der Waals surface area contributed by atoms with E-state index in [1.165, 1.54) is 12.0 Å². The summed E-state index contributed by atoms with van der Waals surface area (Å²) in [5.74, 6) is 0. The maximum Gasteiger partial charge on any atom is 0.0950 e. The van der Waals surface area contributed by atoms with Crippen LogP contribution >= 0.6 is 0 Å². The van der Waals surface area contributed by atoms with E-state index in [4.69, 9.17) is 4.42 Å². The molecular formula is C13H23NO. The summed E-state index contributed by atoms with van der Waals surface area (Å²) in [5.41, 5.74) is 1.67. The predicted octanol–water partition coefficient (Wildman–Crippen LogP) is 3.76. The number of furan rings is 1. The Morgan fingerprint density at radius 1 is 1.40 bits per heavy atom. The van der Waals surface area contributed by atoms with Crippen molar-refractivity contribution in [1.82, 2.24) is 5.32 Å². The van der Waals surface area contributed by atoms with Crippen LogP contribution in [-0.4, -0.2) is 6.54 Å².